The first-order chi connectivity index (χ1) is 11.0. The van der Waals surface area contributed by atoms with Crippen LogP contribution in [-0.2, 0) is 6.54 Å². The van der Waals surface area contributed by atoms with Crippen LogP contribution in [0.5, 0.6) is 5.75 Å². The van der Waals surface area contributed by atoms with Crippen LogP contribution in [0.4, 0.5) is 4.39 Å². The predicted octanol–water partition coefficient (Wildman–Crippen LogP) is 3.24. The van der Waals surface area contributed by atoms with Crippen LogP contribution >= 0.6 is 0 Å². The number of nitrogens with one attached hydrogen (secondary N) is 1. The summed E-state index contributed by atoms with van der Waals surface area (Å²) >= 11 is 0. The van der Waals surface area contributed by atoms with Gasteiger partial charge in [-0.15, -0.1) is 0 Å². The van der Waals surface area contributed by atoms with Crippen LogP contribution in [0.2, 0.25) is 0 Å². The molecule has 0 spiro atoms. The molecule has 1 amide bonds. The van der Waals surface area contributed by atoms with Gasteiger partial charge >= 0.3 is 0 Å². The molecule has 23 heavy (non-hydrogen) atoms. The molecule has 1 aromatic heterocycles. The Morgan fingerprint density at radius 3 is 2.83 bits per heavy atom. The summed E-state index contributed by atoms with van der Waals surface area (Å²) in [4.78, 5) is 12.4. The van der Waals surface area contributed by atoms with Crippen LogP contribution < -0.4 is 10.1 Å². The van der Waals surface area contributed by atoms with Crippen LogP contribution in [-0.4, -0.2) is 22.8 Å². The Morgan fingerprint density at radius 1 is 1.48 bits per heavy atom. The minimum absolute atomic E-state index is 0.184. The highest BCUT2D eigenvalue weighted by molar-refractivity contribution is 5.95. The van der Waals surface area contributed by atoms with Crippen molar-refractivity contribution < 1.29 is 13.9 Å². The van der Waals surface area contributed by atoms with Gasteiger partial charge in [0, 0.05) is 12.2 Å². The maximum absolute atomic E-state index is 13.8. The highest BCUT2D eigenvalue weighted by Gasteiger charge is 2.17. The summed E-state index contributed by atoms with van der Waals surface area (Å²) in [6.07, 6.45) is 2.52. The molecule has 124 valence electrons. The summed E-state index contributed by atoms with van der Waals surface area (Å²) in [5, 5.41) is 7.10. The first kappa shape index (κ1) is 17.0. The summed E-state index contributed by atoms with van der Waals surface area (Å²) in [5.74, 6) is -0.476. The Hall–Kier alpha value is -2.37. The molecule has 0 saturated heterocycles. The number of rotatable bonds is 6. The summed E-state index contributed by atoms with van der Waals surface area (Å²) in [7, 11) is 1.42. The van der Waals surface area contributed by atoms with Crippen molar-refractivity contribution in [1.82, 2.24) is 15.1 Å². The molecule has 1 N–H and O–H groups in total. The van der Waals surface area contributed by atoms with Crippen molar-refractivity contribution in [3.63, 3.8) is 0 Å². The number of benzene rings is 1. The van der Waals surface area contributed by atoms with E-state index in [0.717, 1.165) is 18.7 Å². The third-order valence-corrected chi connectivity index (χ3v) is 3.81. The van der Waals surface area contributed by atoms with E-state index in [9.17, 15) is 9.18 Å². The van der Waals surface area contributed by atoms with Crippen molar-refractivity contribution in [2.45, 2.75) is 39.8 Å². The normalized spacial score (nSPS) is 12.0. The molecule has 2 aromatic rings. The van der Waals surface area contributed by atoms with Crippen molar-refractivity contribution in [2.75, 3.05) is 7.11 Å². The van der Waals surface area contributed by atoms with E-state index in [1.54, 1.807) is 18.3 Å². The fourth-order valence-corrected chi connectivity index (χ4v) is 2.42. The molecule has 5 nitrogen and oxygen atoms in total. The molecule has 6 heteroatoms. The zero-order chi connectivity index (χ0) is 17.0. The zero-order valence-electron chi connectivity index (χ0n) is 13.9. The highest BCUT2D eigenvalue weighted by Crippen LogP contribution is 2.22. The van der Waals surface area contributed by atoms with Crippen LogP contribution in [0.25, 0.3) is 0 Å². The maximum Gasteiger partial charge on any atom is 0.255 e. The Balaban J connectivity index is 2.12. The molecule has 0 unspecified atom stereocenters. The fraction of sp³-hybridized carbons (Fsp3) is 0.412. The molecule has 0 saturated carbocycles. The van der Waals surface area contributed by atoms with Gasteiger partial charge in [0.1, 0.15) is 0 Å². The van der Waals surface area contributed by atoms with Crippen molar-refractivity contribution in [3.8, 4) is 5.75 Å². The van der Waals surface area contributed by atoms with Crippen molar-refractivity contribution >= 4 is 5.91 Å². The molecular weight excluding hydrogens is 297 g/mol. The third kappa shape index (κ3) is 3.70. The summed E-state index contributed by atoms with van der Waals surface area (Å²) in [6, 6.07) is 4.34. The minimum atomic E-state index is -0.446. The predicted molar refractivity (Wildman–Crippen MR) is 86.1 cm³/mol. The number of halogens is 1. The van der Waals surface area contributed by atoms with E-state index in [-0.39, 0.29) is 17.7 Å². The Bertz CT molecular complexity index is 697. The number of aryl methyl sites for hydroxylation is 1. The molecule has 1 heterocycles. The Kier molecular flexibility index (Phi) is 5.36. The summed E-state index contributed by atoms with van der Waals surface area (Å²) in [6.45, 7) is 6.51. The Morgan fingerprint density at radius 2 is 2.22 bits per heavy atom. The monoisotopic (exact) mass is 319 g/mol. The van der Waals surface area contributed by atoms with Gasteiger partial charge < -0.3 is 10.1 Å². The van der Waals surface area contributed by atoms with Gasteiger partial charge in [-0.3, -0.25) is 9.48 Å². The number of aromatic nitrogens is 2. The quantitative estimate of drug-likeness (QED) is 0.889. The van der Waals surface area contributed by atoms with Gasteiger partial charge in [0.15, 0.2) is 11.6 Å². The number of carbonyl (C=O) groups is 1. The lowest BCUT2D eigenvalue weighted by Crippen LogP contribution is -2.27. The molecule has 0 bridgehead atoms. The molecule has 0 aliphatic carbocycles. The minimum Gasteiger partial charge on any atom is -0.494 e. The van der Waals surface area contributed by atoms with Crippen LogP contribution in [0.1, 0.15) is 47.9 Å². The van der Waals surface area contributed by atoms with Crippen molar-refractivity contribution in [1.29, 1.82) is 0 Å². The lowest BCUT2D eigenvalue weighted by Gasteiger charge is -2.15. The summed E-state index contributed by atoms with van der Waals surface area (Å²) < 4.78 is 20.5. The van der Waals surface area contributed by atoms with Crippen molar-refractivity contribution in [2.24, 2.45) is 0 Å². The van der Waals surface area contributed by atoms with E-state index in [0.29, 0.717) is 11.1 Å². The number of hydrogen-bond donors (Lipinski definition) is 1. The van der Waals surface area contributed by atoms with E-state index in [4.69, 9.17) is 4.74 Å². The lowest BCUT2D eigenvalue weighted by atomic mass is 10.1. The largest absolute Gasteiger partial charge is 0.494 e. The first-order valence-electron chi connectivity index (χ1n) is 7.64. The number of amides is 1. The lowest BCUT2D eigenvalue weighted by molar-refractivity contribution is 0.0939. The van der Waals surface area contributed by atoms with Crippen LogP contribution in [0, 0.1) is 12.7 Å². The van der Waals surface area contributed by atoms with Crippen LogP contribution in [0.15, 0.2) is 24.4 Å². The van der Waals surface area contributed by atoms with Gasteiger partial charge in [-0.1, -0.05) is 13.0 Å². The smallest absolute Gasteiger partial charge is 0.255 e. The van der Waals surface area contributed by atoms with Gasteiger partial charge in [-0.25, -0.2) is 4.39 Å². The van der Waals surface area contributed by atoms with Gasteiger partial charge in [0.05, 0.1) is 24.9 Å². The van der Waals surface area contributed by atoms with E-state index in [1.807, 2.05) is 18.5 Å². The Labute approximate surface area is 135 Å². The average Bonchev–Trinajstić information content (AvgIpc) is 2.88. The molecular formula is C17H22FN3O2. The fourth-order valence-electron chi connectivity index (χ4n) is 2.42. The second-order valence-electron chi connectivity index (χ2n) is 5.46. The number of ether oxygens (including phenoxy) is 1. The van der Waals surface area contributed by atoms with Gasteiger partial charge in [-0.2, -0.15) is 5.10 Å². The number of hydrogen-bond acceptors (Lipinski definition) is 3. The first-order valence-corrected chi connectivity index (χ1v) is 7.64. The van der Waals surface area contributed by atoms with Gasteiger partial charge in [-0.05, 0) is 38.0 Å². The van der Waals surface area contributed by atoms with E-state index in [2.05, 4.69) is 17.3 Å². The van der Waals surface area contributed by atoms with Gasteiger partial charge in [0.25, 0.3) is 5.91 Å². The molecule has 0 radical (unpaired) electrons. The second kappa shape index (κ2) is 7.26. The topological polar surface area (TPSA) is 56.2 Å². The standard InChI is InChI=1S/C17H22FN3O2/c1-5-8-21-12(3)14(10-19-21)17(22)20-11(2)13-6-7-16(23-4)15(18)9-13/h6-7,9-11H,5,8H2,1-4H3,(H,20,22)/t11-/m0/s1. The molecule has 2 rings (SSSR count). The molecule has 0 aliphatic heterocycles. The SMILES string of the molecule is CCCn1ncc(C(=O)N[C@@H](C)c2ccc(OC)c(F)c2)c1C. The van der Waals surface area contributed by atoms with E-state index >= 15 is 0 Å². The number of carbonyl (C=O) groups excluding carboxylic acids is 1. The molecule has 0 aliphatic rings. The highest BCUT2D eigenvalue weighted by atomic mass is 19.1. The van der Waals surface area contributed by atoms with E-state index in [1.165, 1.54) is 13.2 Å². The number of methoxy groups -OCH3 is 1. The third-order valence-electron chi connectivity index (χ3n) is 3.81. The van der Waals surface area contributed by atoms with Crippen molar-refractivity contribution in [3.05, 3.63) is 47.0 Å². The van der Waals surface area contributed by atoms with E-state index < -0.39 is 5.82 Å². The summed E-state index contributed by atoms with van der Waals surface area (Å²) in [5.41, 5.74) is 2.05. The molecule has 0 fully saturated rings. The molecule has 1 aromatic carbocycles. The zero-order valence-corrected chi connectivity index (χ0v) is 13.9. The second-order valence-corrected chi connectivity index (χ2v) is 5.46. The average molecular weight is 319 g/mol. The maximum atomic E-state index is 13.8. The van der Waals surface area contributed by atoms with Gasteiger partial charge in [0.2, 0.25) is 0 Å². The van der Waals surface area contributed by atoms with Crippen LogP contribution in [0.3, 0.4) is 0 Å². The molecule has 1 atom stereocenters. The number of nitrogens with zero attached hydrogens (tertiary/aromatic N) is 2.